The van der Waals surface area contributed by atoms with E-state index in [0.29, 0.717) is 0 Å². The topological polar surface area (TPSA) is 113 Å². The number of carboxylic acids is 1. The van der Waals surface area contributed by atoms with Crippen LogP contribution in [-0.4, -0.2) is 17.0 Å². The van der Waals surface area contributed by atoms with Crippen LogP contribution in [-0.2, 0) is 4.79 Å². The largest absolute Gasteiger partial charge is 0.481 e. The van der Waals surface area contributed by atoms with Gasteiger partial charge in [-0.05, 0) is 0 Å². The summed E-state index contributed by atoms with van der Waals surface area (Å²) in [6, 6.07) is 0. The van der Waals surface area contributed by atoms with E-state index < -0.39 is 5.97 Å². The fraction of sp³-hybridized carbons (Fsp3) is 0.333. The summed E-state index contributed by atoms with van der Waals surface area (Å²) in [5.41, 5.74) is 8.94. The second-order valence-electron chi connectivity index (χ2n) is 0.974. The molecule has 6 heteroatoms. The maximum atomic E-state index is 9.00. The Balaban J connectivity index is -0.0000000720. The Morgan fingerprint density at radius 2 is 1.56 bits per heavy atom. The van der Waals surface area contributed by atoms with Crippen molar-refractivity contribution in [3.8, 4) is 0 Å². The minimum atomic E-state index is -0.833. The summed E-state index contributed by atoms with van der Waals surface area (Å²) in [5, 5.41) is 13.5. The Morgan fingerprint density at radius 1 is 1.56 bits per heavy atom. The third kappa shape index (κ3) is 4270000000. The van der Waals surface area contributed by atoms with E-state index in [0.717, 1.165) is 6.92 Å². The van der Waals surface area contributed by atoms with Crippen LogP contribution in [0.4, 0.5) is 0 Å². The minimum Gasteiger partial charge on any atom is -0.481 e. The molecule has 0 bridgehead atoms. The molecule has 56 valence electrons. The first-order valence-corrected chi connectivity index (χ1v) is 1.76. The van der Waals surface area contributed by atoms with Gasteiger partial charge in [0.1, 0.15) is 0 Å². The summed E-state index contributed by atoms with van der Waals surface area (Å²) in [7, 11) is 0. The standard InChI is InChI=1S/C2H4O2.CH5N3.Ar/c1-2(3)4;2-1(3)4;/h1H3,(H,3,4);(H5,2,3,4);. The normalized spacial score (nSPS) is 5.44. The molecule has 0 amide bonds. The zero-order chi connectivity index (χ0) is 7.15. The molecule has 0 rings (SSSR count). The maximum absolute atomic E-state index is 9.00. The van der Waals surface area contributed by atoms with Crippen LogP contribution in [0.5, 0.6) is 0 Å². The van der Waals surface area contributed by atoms with Gasteiger partial charge in [0.15, 0.2) is 5.96 Å². The van der Waals surface area contributed by atoms with Crippen molar-refractivity contribution in [2.24, 2.45) is 11.5 Å². The number of rotatable bonds is 0. The molecule has 0 fully saturated rings. The molecule has 0 unspecified atom stereocenters. The van der Waals surface area contributed by atoms with Gasteiger partial charge in [0.2, 0.25) is 0 Å². The summed E-state index contributed by atoms with van der Waals surface area (Å²) in [6.07, 6.45) is 0. The molecule has 0 aliphatic carbocycles. The smallest absolute Gasteiger partial charge is 0.300 e. The molecule has 0 aliphatic heterocycles. The van der Waals surface area contributed by atoms with E-state index in [1.807, 2.05) is 0 Å². The fourth-order valence-corrected chi connectivity index (χ4v) is 0. The van der Waals surface area contributed by atoms with Gasteiger partial charge in [0, 0.05) is 44.7 Å². The number of guanidine groups is 1. The van der Waals surface area contributed by atoms with Crippen molar-refractivity contribution in [3.05, 3.63) is 0 Å². The fourth-order valence-electron chi connectivity index (χ4n) is 0. The Bertz CT molecular complexity index is 75.1. The van der Waals surface area contributed by atoms with Gasteiger partial charge in [-0.25, -0.2) is 0 Å². The van der Waals surface area contributed by atoms with Gasteiger partial charge in [-0.1, -0.05) is 0 Å². The van der Waals surface area contributed by atoms with Crippen molar-refractivity contribution in [1.82, 2.24) is 0 Å². The van der Waals surface area contributed by atoms with Gasteiger partial charge in [-0.15, -0.1) is 0 Å². The molecule has 0 atom stereocenters. The van der Waals surface area contributed by atoms with Crippen molar-refractivity contribution in [1.29, 1.82) is 5.41 Å². The van der Waals surface area contributed by atoms with Gasteiger partial charge in [-0.3, -0.25) is 10.2 Å². The van der Waals surface area contributed by atoms with Crippen LogP contribution in [0.2, 0.25) is 0 Å². The molecule has 5 nitrogen and oxygen atoms in total. The SMILES string of the molecule is CC(=O)O.N=C(N)N.[Ar]. The van der Waals surface area contributed by atoms with Crippen LogP contribution in [0.15, 0.2) is 0 Å². The van der Waals surface area contributed by atoms with E-state index in [1.165, 1.54) is 0 Å². The molecule has 0 aliphatic rings. The third-order valence-electron chi connectivity index (χ3n) is 0. The Labute approximate surface area is 82.9 Å². The Kier molecular flexibility index (Phi) is 19.4. The summed E-state index contributed by atoms with van der Waals surface area (Å²) in [5.74, 6) is -1.17. The number of carbonyl (C=O) groups is 1. The zero-order valence-corrected chi connectivity index (χ0v) is 5.57. The first kappa shape index (κ1) is 16.0. The van der Waals surface area contributed by atoms with Crippen LogP contribution in [0.1, 0.15) is 6.92 Å². The predicted octanol–water partition coefficient (Wildman–Crippen LogP) is -1.07. The van der Waals surface area contributed by atoms with Crippen LogP contribution < -0.4 is 11.5 Å². The van der Waals surface area contributed by atoms with Gasteiger partial charge < -0.3 is 16.6 Å². The van der Waals surface area contributed by atoms with Crippen molar-refractivity contribution < 1.29 is 47.6 Å². The number of hydrogen-bond acceptors (Lipinski definition) is 2. The maximum Gasteiger partial charge on any atom is 0.300 e. The molecule has 0 heterocycles. The molecule has 0 spiro atoms. The van der Waals surface area contributed by atoms with Crippen molar-refractivity contribution in [3.63, 3.8) is 0 Å². The molecule has 0 aromatic carbocycles. The zero-order valence-electron chi connectivity index (χ0n) is 4.86. The second-order valence-corrected chi connectivity index (χ2v) is 0.974. The molecular weight excluding hydrogens is 150 g/mol. The van der Waals surface area contributed by atoms with Crippen LogP contribution >= 0.6 is 0 Å². The number of nitrogens with one attached hydrogen (secondary N) is 1. The first-order chi connectivity index (χ1) is 3.46. The molecule has 0 aromatic rings. The number of hydrogen-bond donors (Lipinski definition) is 4. The van der Waals surface area contributed by atoms with E-state index in [2.05, 4.69) is 11.5 Å². The predicted molar refractivity (Wildman–Crippen MR) is 29.4 cm³/mol. The molecule has 9 heavy (non-hydrogen) atoms. The van der Waals surface area contributed by atoms with Crippen molar-refractivity contribution in [2.45, 2.75) is 6.92 Å². The third-order valence-corrected chi connectivity index (χ3v) is 0. The van der Waals surface area contributed by atoms with Gasteiger partial charge in [0.25, 0.3) is 5.97 Å². The second kappa shape index (κ2) is 10.9. The monoisotopic (exact) mass is 159 g/mol. The van der Waals surface area contributed by atoms with Gasteiger partial charge in [-0.2, -0.15) is 0 Å². The van der Waals surface area contributed by atoms with Crippen molar-refractivity contribution in [2.75, 3.05) is 0 Å². The van der Waals surface area contributed by atoms with Crippen LogP contribution in [0, 0.1) is 43.1 Å². The molecule has 0 saturated carbocycles. The molecule has 0 radical (unpaired) electrons. The summed E-state index contributed by atoms with van der Waals surface area (Å²) in [4.78, 5) is 9.00. The summed E-state index contributed by atoms with van der Waals surface area (Å²) < 4.78 is 0. The number of nitrogens with two attached hydrogens (primary N) is 2. The molecule has 0 aromatic heterocycles. The molecule has 6 N–H and O–H groups in total. The summed E-state index contributed by atoms with van der Waals surface area (Å²) >= 11 is 0. The average Bonchev–Trinajstić information content (AvgIpc) is 1.25. The first-order valence-electron chi connectivity index (χ1n) is 1.76. The molecular formula is C3H9ArN3O2. The van der Waals surface area contributed by atoms with Gasteiger partial charge in [0.05, 0.1) is 0 Å². The molecule has 0 saturated heterocycles. The van der Waals surface area contributed by atoms with Gasteiger partial charge >= 0.3 is 0 Å². The van der Waals surface area contributed by atoms with E-state index in [9.17, 15) is 0 Å². The minimum absolute atomic E-state index is 0. The van der Waals surface area contributed by atoms with E-state index in [4.69, 9.17) is 15.3 Å². The number of carboxylic acid groups (broad SMARTS) is 1. The Hall–Kier alpha value is -0.000260. The number of aliphatic carboxylic acids is 1. The van der Waals surface area contributed by atoms with Crippen LogP contribution in [0.25, 0.3) is 0 Å². The quantitative estimate of drug-likeness (QED) is 0.266. The average molecular weight is 159 g/mol. The van der Waals surface area contributed by atoms with E-state index in [1.54, 1.807) is 0 Å². The Morgan fingerprint density at radius 3 is 1.56 bits per heavy atom. The summed E-state index contributed by atoms with van der Waals surface area (Å²) in [6.45, 7) is 1.08. The van der Waals surface area contributed by atoms with E-state index >= 15 is 0 Å². The van der Waals surface area contributed by atoms with Crippen LogP contribution in [0.3, 0.4) is 0 Å². The van der Waals surface area contributed by atoms with E-state index in [-0.39, 0.29) is 43.7 Å². The van der Waals surface area contributed by atoms with Crippen molar-refractivity contribution >= 4 is 11.9 Å².